The number of benzene rings is 1. The molecule has 0 fully saturated rings. The molecule has 0 saturated carbocycles. The average molecular weight is 313 g/mol. The fraction of sp³-hybridized carbons (Fsp3) is 0.125. The first kappa shape index (κ1) is 13.4. The van der Waals surface area contributed by atoms with Crippen LogP contribution in [-0.2, 0) is 6.18 Å². The smallest absolute Gasteiger partial charge is 0.365 e. The zero-order valence-electron chi connectivity index (χ0n) is 7.92. The van der Waals surface area contributed by atoms with E-state index in [1.165, 1.54) is 0 Å². The highest BCUT2D eigenvalue weighted by atomic mass is 79.9. The maximum atomic E-state index is 12.6. The van der Waals surface area contributed by atoms with E-state index in [2.05, 4.69) is 15.9 Å². The summed E-state index contributed by atoms with van der Waals surface area (Å²) in [5.41, 5.74) is 1.17. The third kappa shape index (κ3) is 2.73. The third-order valence-electron chi connectivity index (χ3n) is 1.83. The fourth-order valence-corrected chi connectivity index (χ4v) is 1.66. The van der Waals surface area contributed by atoms with E-state index < -0.39 is 33.8 Å². The van der Waals surface area contributed by atoms with Gasteiger partial charge in [-0.3, -0.25) is 14.9 Å². The van der Waals surface area contributed by atoms with Crippen molar-refractivity contribution in [3.63, 3.8) is 0 Å². The Hall–Kier alpha value is -1.64. The van der Waals surface area contributed by atoms with Gasteiger partial charge in [0.2, 0.25) is 0 Å². The van der Waals surface area contributed by atoms with E-state index in [1.807, 2.05) is 0 Å². The normalized spacial score (nSPS) is 11.3. The van der Waals surface area contributed by atoms with E-state index in [1.54, 1.807) is 0 Å². The Labute approximate surface area is 101 Å². The first-order valence-electron chi connectivity index (χ1n) is 3.99. The van der Waals surface area contributed by atoms with Crippen molar-refractivity contribution in [3.05, 3.63) is 37.8 Å². The minimum atomic E-state index is -4.90. The van der Waals surface area contributed by atoms with E-state index in [0.717, 1.165) is 6.07 Å². The van der Waals surface area contributed by atoms with Crippen LogP contribution in [0.2, 0.25) is 0 Å². The first-order valence-corrected chi connectivity index (χ1v) is 4.79. The molecule has 17 heavy (non-hydrogen) atoms. The highest BCUT2D eigenvalue weighted by molar-refractivity contribution is 9.10. The Morgan fingerprint density at radius 2 is 1.94 bits per heavy atom. The number of nitrogens with zero attached hydrogens (tertiary/aromatic N) is 1. The molecule has 1 rings (SSSR count). The number of carbonyl (C=O) groups is 1. The van der Waals surface area contributed by atoms with Gasteiger partial charge in [0.25, 0.3) is 11.6 Å². The van der Waals surface area contributed by atoms with Crippen molar-refractivity contribution in [3.8, 4) is 0 Å². The highest BCUT2D eigenvalue weighted by Crippen LogP contribution is 2.38. The molecule has 0 unspecified atom stereocenters. The van der Waals surface area contributed by atoms with Gasteiger partial charge in [-0.15, -0.1) is 0 Å². The van der Waals surface area contributed by atoms with Gasteiger partial charge in [0, 0.05) is 10.5 Å². The van der Waals surface area contributed by atoms with Gasteiger partial charge in [-0.1, -0.05) is 15.9 Å². The van der Waals surface area contributed by atoms with Crippen molar-refractivity contribution in [1.82, 2.24) is 0 Å². The second kappa shape index (κ2) is 4.32. The molecule has 0 heterocycles. The molecular formula is C8H4BrF3N2O3. The van der Waals surface area contributed by atoms with Crippen LogP contribution >= 0.6 is 15.9 Å². The third-order valence-corrected chi connectivity index (χ3v) is 2.29. The number of rotatable bonds is 2. The predicted octanol–water partition coefficient (Wildman–Crippen LogP) is 2.47. The number of primary amides is 1. The number of halogens is 4. The quantitative estimate of drug-likeness (QED) is 0.672. The van der Waals surface area contributed by atoms with Crippen molar-refractivity contribution in [2.75, 3.05) is 0 Å². The summed E-state index contributed by atoms with van der Waals surface area (Å²) in [6.07, 6.45) is -4.90. The van der Waals surface area contributed by atoms with Crippen molar-refractivity contribution >= 4 is 27.5 Å². The average Bonchev–Trinajstić information content (AvgIpc) is 2.14. The molecule has 0 aliphatic carbocycles. The summed E-state index contributed by atoms with van der Waals surface area (Å²) >= 11 is 2.70. The summed E-state index contributed by atoms with van der Waals surface area (Å²) in [7, 11) is 0. The number of nitro benzene ring substituents is 1. The monoisotopic (exact) mass is 312 g/mol. The number of amides is 1. The van der Waals surface area contributed by atoms with Crippen molar-refractivity contribution in [2.24, 2.45) is 5.73 Å². The molecule has 9 heteroatoms. The Morgan fingerprint density at radius 3 is 2.29 bits per heavy atom. The van der Waals surface area contributed by atoms with Crippen LogP contribution in [0.25, 0.3) is 0 Å². The molecule has 0 saturated heterocycles. The van der Waals surface area contributed by atoms with Gasteiger partial charge < -0.3 is 5.73 Å². The van der Waals surface area contributed by atoms with Crippen LogP contribution < -0.4 is 5.73 Å². The second-order valence-corrected chi connectivity index (χ2v) is 3.88. The Balaban J connectivity index is 3.70. The minimum absolute atomic E-state index is 0.165. The summed E-state index contributed by atoms with van der Waals surface area (Å²) in [6, 6.07) is 1.35. The fourth-order valence-electron chi connectivity index (χ4n) is 1.22. The van der Waals surface area contributed by atoms with E-state index in [9.17, 15) is 28.1 Å². The molecule has 0 aliphatic heterocycles. The van der Waals surface area contributed by atoms with Crippen LogP contribution in [0.3, 0.4) is 0 Å². The standard InChI is InChI=1S/C8H4BrF3N2O3/c9-3-1-4(8(10,11)12)6(7(13)15)5(2-3)14(16)17/h1-2H,(H2,13,15). The SMILES string of the molecule is NC(=O)c1c([N+](=O)[O-])cc(Br)cc1C(F)(F)F. The number of carbonyl (C=O) groups excluding carboxylic acids is 1. The summed E-state index contributed by atoms with van der Waals surface area (Å²) in [4.78, 5) is 20.4. The lowest BCUT2D eigenvalue weighted by molar-refractivity contribution is -0.385. The van der Waals surface area contributed by atoms with Crippen molar-refractivity contribution in [2.45, 2.75) is 6.18 Å². The predicted molar refractivity (Wildman–Crippen MR) is 54.3 cm³/mol. The van der Waals surface area contributed by atoms with Crippen LogP contribution in [0.4, 0.5) is 18.9 Å². The molecule has 1 aromatic rings. The number of nitrogens with two attached hydrogens (primary N) is 1. The summed E-state index contributed by atoms with van der Waals surface area (Å²) in [5.74, 6) is -1.50. The highest BCUT2D eigenvalue weighted by Gasteiger charge is 2.39. The van der Waals surface area contributed by atoms with Crippen molar-refractivity contribution in [1.29, 1.82) is 0 Å². The summed E-state index contributed by atoms with van der Waals surface area (Å²) in [5, 5.41) is 10.6. The van der Waals surface area contributed by atoms with Gasteiger partial charge in [0.1, 0.15) is 5.56 Å². The molecule has 0 radical (unpaired) electrons. The lowest BCUT2D eigenvalue weighted by atomic mass is 10.0. The van der Waals surface area contributed by atoms with Gasteiger partial charge in [0.15, 0.2) is 0 Å². The zero-order chi connectivity index (χ0) is 13.4. The van der Waals surface area contributed by atoms with E-state index in [0.29, 0.717) is 6.07 Å². The van der Waals surface area contributed by atoms with E-state index >= 15 is 0 Å². The number of alkyl halides is 3. The molecule has 5 nitrogen and oxygen atoms in total. The van der Waals surface area contributed by atoms with Crippen LogP contribution in [0.1, 0.15) is 15.9 Å². The lowest BCUT2D eigenvalue weighted by Crippen LogP contribution is -2.20. The van der Waals surface area contributed by atoms with Crippen LogP contribution in [0.5, 0.6) is 0 Å². The summed E-state index contributed by atoms with van der Waals surface area (Å²) in [6.45, 7) is 0. The summed E-state index contributed by atoms with van der Waals surface area (Å²) < 4.78 is 37.6. The molecule has 0 bridgehead atoms. The van der Waals surface area contributed by atoms with E-state index in [-0.39, 0.29) is 4.47 Å². The molecular weight excluding hydrogens is 309 g/mol. The van der Waals surface area contributed by atoms with Crippen LogP contribution in [0, 0.1) is 10.1 Å². The topological polar surface area (TPSA) is 86.2 Å². The largest absolute Gasteiger partial charge is 0.417 e. The Kier molecular flexibility index (Phi) is 3.41. The van der Waals surface area contributed by atoms with Gasteiger partial charge in [-0.25, -0.2) is 0 Å². The van der Waals surface area contributed by atoms with Gasteiger partial charge in [-0.2, -0.15) is 13.2 Å². The van der Waals surface area contributed by atoms with Crippen LogP contribution in [-0.4, -0.2) is 10.8 Å². The zero-order valence-corrected chi connectivity index (χ0v) is 9.50. The molecule has 92 valence electrons. The van der Waals surface area contributed by atoms with Crippen LogP contribution in [0.15, 0.2) is 16.6 Å². The van der Waals surface area contributed by atoms with Crippen molar-refractivity contribution < 1.29 is 22.9 Å². The molecule has 0 aliphatic rings. The minimum Gasteiger partial charge on any atom is -0.365 e. The second-order valence-electron chi connectivity index (χ2n) is 2.97. The molecule has 1 amide bonds. The number of nitro groups is 1. The molecule has 2 N–H and O–H groups in total. The molecule has 1 aromatic carbocycles. The van der Waals surface area contributed by atoms with E-state index in [4.69, 9.17) is 5.73 Å². The van der Waals surface area contributed by atoms with Gasteiger partial charge >= 0.3 is 6.18 Å². The van der Waals surface area contributed by atoms with Gasteiger partial charge in [-0.05, 0) is 6.07 Å². The Bertz CT molecular complexity index is 502. The lowest BCUT2D eigenvalue weighted by Gasteiger charge is -2.11. The molecule has 0 spiro atoms. The molecule has 0 aromatic heterocycles. The first-order chi connectivity index (χ1) is 7.64. The Morgan fingerprint density at radius 1 is 1.41 bits per heavy atom. The molecule has 0 atom stereocenters. The maximum absolute atomic E-state index is 12.6. The number of hydrogen-bond acceptors (Lipinski definition) is 3. The maximum Gasteiger partial charge on any atom is 0.417 e. The van der Waals surface area contributed by atoms with Gasteiger partial charge in [0.05, 0.1) is 10.5 Å². The number of hydrogen-bond donors (Lipinski definition) is 1.